The molecule has 5 nitrogen and oxygen atoms in total. The highest BCUT2D eigenvalue weighted by Crippen LogP contribution is 2.14. The van der Waals surface area contributed by atoms with Gasteiger partial charge in [0.05, 0.1) is 6.21 Å². The van der Waals surface area contributed by atoms with Gasteiger partial charge >= 0.3 is 0 Å². The van der Waals surface area contributed by atoms with Crippen molar-refractivity contribution in [3.05, 3.63) is 78.5 Å². The van der Waals surface area contributed by atoms with Gasteiger partial charge in [-0.1, -0.05) is 48.5 Å². The second-order valence-electron chi connectivity index (χ2n) is 4.54. The molecule has 5 heteroatoms. The van der Waals surface area contributed by atoms with Gasteiger partial charge in [-0.15, -0.1) is 0 Å². The van der Waals surface area contributed by atoms with Gasteiger partial charge < -0.3 is 5.32 Å². The maximum atomic E-state index is 4.35. The minimum absolute atomic E-state index is 0.438. The van der Waals surface area contributed by atoms with E-state index in [-0.39, 0.29) is 0 Å². The van der Waals surface area contributed by atoms with Crippen LogP contribution in [0.4, 0.5) is 17.5 Å². The van der Waals surface area contributed by atoms with Crippen molar-refractivity contribution in [3.8, 4) is 0 Å². The molecule has 0 aliphatic carbocycles. The van der Waals surface area contributed by atoms with E-state index in [0.717, 1.165) is 11.3 Å². The lowest BCUT2D eigenvalue weighted by Gasteiger charge is -2.06. The van der Waals surface area contributed by atoms with Crippen LogP contribution in [0.15, 0.2) is 78.0 Å². The third-order valence-electron chi connectivity index (χ3n) is 2.88. The molecule has 0 aliphatic rings. The standard InChI is InChI=1S/C17H15N5/c1-3-7-14(8-4-1)13-19-22-17-18-12-11-16(21-17)20-15-9-5-2-6-10-15/h1-13H,(H2,18,20,21,22)/b19-13+. The van der Waals surface area contributed by atoms with E-state index in [9.17, 15) is 0 Å². The molecule has 108 valence electrons. The number of nitrogens with zero attached hydrogens (tertiary/aromatic N) is 3. The number of hydrazone groups is 1. The number of aromatic nitrogens is 2. The number of anilines is 3. The van der Waals surface area contributed by atoms with E-state index in [0.29, 0.717) is 11.8 Å². The van der Waals surface area contributed by atoms with Crippen LogP contribution >= 0.6 is 0 Å². The summed E-state index contributed by atoms with van der Waals surface area (Å²) in [5.41, 5.74) is 4.81. The molecular weight excluding hydrogens is 274 g/mol. The number of benzene rings is 2. The summed E-state index contributed by atoms with van der Waals surface area (Å²) in [5, 5.41) is 7.34. The van der Waals surface area contributed by atoms with Crippen LogP contribution in [0, 0.1) is 0 Å². The Labute approximate surface area is 128 Å². The second kappa shape index (κ2) is 6.99. The lowest BCUT2D eigenvalue weighted by atomic mass is 10.2. The molecule has 0 saturated carbocycles. The number of para-hydroxylation sites is 1. The predicted molar refractivity (Wildman–Crippen MR) is 89.4 cm³/mol. The van der Waals surface area contributed by atoms with Gasteiger partial charge in [0.15, 0.2) is 0 Å². The fourth-order valence-corrected chi connectivity index (χ4v) is 1.86. The summed E-state index contributed by atoms with van der Waals surface area (Å²) in [5.74, 6) is 1.15. The third kappa shape index (κ3) is 3.89. The predicted octanol–water partition coefficient (Wildman–Crippen LogP) is 3.67. The molecule has 1 heterocycles. The Balaban J connectivity index is 1.65. The van der Waals surface area contributed by atoms with Crippen LogP contribution in [0.25, 0.3) is 0 Å². The SMILES string of the molecule is C(=N\Nc1nccc(Nc2ccccc2)n1)/c1ccccc1. The normalized spacial score (nSPS) is 10.5. The van der Waals surface area contributed by atoms with Crippen LogP contribution in [0.3, 0.4) is 0 Å². The monoisotopic (exact) mass is 289 g/mol. The molecule has 3 aromatic rings. The van der Waals surface area contributed by atoms with Gasteiger partial charge in [0, 0.05) is 11.9 Å². The molecule has 0 unspecified atom stereocenters. The number of rotatable bonds is 5. The zero-order chi connectivity index (χ0) is 15.0. The van der Waals surface area contributed by atoms with Crippen molar-refractivity contribution < 1.29 is 0 Å². The molecule has 0 atom stereocenters. The quantitative estimate of drug-likeness (QED) is 0.556. The van der Waals surface area contributed by atoms with E-state index in [2.05, 4.69) is 25.8 Å². The van der Waals surface area contributed by atoms with Crippen molar-refractivity contribution in [1.82, 2.24) is 9.97 Å². The zero-order valence-electron chi connectivity index (χ0n) is 11.8. The van der Waals surface area contributed by atoms with E-state index in [1.165, 1.54) is 0 Å². The first-order valence-corrected chi connectivity index (χ1v) is 6.89. The molecule has 3 rings (SSSR count). The molecule has 22 heavy (non-hydrogen) atoms. The highest BCUT2D eigenvalue weighted by molar-refractivity contribution is 5.79. The Hall–Kier alpha value is -3.21. The molecule has 0 saturated heterocycles. The maximum Gasteiger partial charge on any atom is 0.245 e. The lowest BCUT2D eigenvalue weighted by molar-refractivity contribution is 1.12. The maximum absolute atomic E-state index is 4.35. The first-order chi connectivity index (χ1) is 10.9. The second-order valence-corrected chi connectivity index (χ2v) is 4.54. The average Bonchev–Trinajstić information content (AvgIpc) is 2.57. The van der Waals surface area contributed by atoms with Gasteiger partial charge in [0.1, 0.15) is 5.82 Å². The highest BCUT2D eigenvalue weighted by Gasteiger charge is 1.98. The van der Waals surface area contributed by atoms with E-state index < -0.39 is 0 Å². The Morgan fingerprint density at radius 1 is 0.864 bits per heavy atom. The Morgan fingerprint density at radius 3 is 2.36 bits per heavy atom. The summed E-state index contributed by atoms with van der Waals surface area (Å²) in [6.07, 6.45) is 3.40. The first-order valence-electron chi connectivity index (χ1n) is 6.89. The van der Waals surface area contributed by atoms with E-state index in [1.54, 1.807) is 18.5 Å². The van der Waals surface area contributed by atoms with Crippen molar-refractivity contribution in [3.63, 3.8) is 0 Å². The van der Waals surface area contributed by atoms with Crippen molar-refractivity contribution in [2.45, 2.75) is 0 Å². The molecule has 0 aliphatic heterocycles. The van der Waals surface area contributed by atoms with E-state index in [4.69, 9.17) is 0 Å². The molecule has 2 N–H and O–H groups in total. The van der Waals surface area contributed by atoms with Crippen LogP contribution in [-0.4, -0.2) is 16.2 Å². The molecule has 0 radical (unpaired) electrons. The minimum Gasteiger partial charge on any atom is -0.340 e. The first kappa shape index (κ1) is 13.8. The highest BCUT2D eigenvalue weighted by atomic mass is 15.3. The fourth-order valence-electron chi connectivity index (χ4n) is 1.86. The van der Waals surface area contributed by atoms with Gasteiger partial charge in [-0.3, -0.25) is 0 Å². The van der Waals surface area contributed by atoms with Crippen molar-refractivity contribution in [2.24, 2.45) is 5.10 Å². The summed E-state index contributed by atoms with van der Waals surface area (Å²) >= 11 is 0. The summed E-state index contributed by atoms with van der Waals surface area (Å²) in [6.45, 7) is 0. The van der Waals surface area contributed by atoms with Crippen LogP contribution in [0.2, 0.25) is 0 Å². The molecule has 0 fully saturated rings. The zero-order valence-corrected chi connectivity index (χ0v) is 11.8. The van der Waals surface area contributed by atoms with E-state index in [1.807, 2.05) is 60.7 Å². The third-order valence-corrected chi connectivity index (χ3v) is 2.88. The number of hydrogen-bond donors (Lipinski definition) is 2. The van der Waals surface area contributed by atoms with Crippen LogP contribution < -0.4 is 10.7 Å². The van der Waals surface area contributed by atoms with Crippen molar-refractivity contribution in [2.75, 3.05) is 10.7 Å². The average molecular weight is 289 g/mol. The molecule has 0 amide bonds. The minimum atomic E-state index is 0.438. The fraction of sp³-hybridized carbons (Fsp3) is 0. The Morgan fingerprint density at radius 2 is 1.59 bits per heavy atom. The Bertz CT molecular complexity index is 741. The van der Waals surface area contributed by atoms with E-state index >= 15 is 0 Å². The molecule has 0 spiro atoms. The smallest absolute Gasteiger partial charge is 0.245 e. The number of nitrogens with one attached hydrogen (secondary N) is 2. The number of hydrogen-bond acceptors (Lipinski definition) is 5. The van der Waals surface area contributed by atoms with Crippen LogP contribution in [0.1, 0.15) is 5.56 Å². The van der Waals surface area contributed by atoms with Gasteiger partial charge in [-0.2, -0.15) is 10.1 Å². The largest absolute Gasteiger partial charge is 0.340 e. The van der Waals surface area contributed by atoms with Crippen LogP contribution in [0.5, 0.6) is 0 Å². The summed E-state index contributed by atoms with van der Waals surface area (Å²) in [4.78, 5) is 8.49. The van der Waals surface area contributed by atoms with Gasteiger partial charge in [-0.05, 0) is 23.8 Å². The molecular formula is C17H15N5. The van der Waals surface area contributed by atoms with Crippen LogP contribution in [-0.2, 0) is 0 Å². The van der Waals surface area contributed by atoms with Crippen molar-refractivity contribution in [1.29, 1.82) is 0 Å². The van der Waals surface area contributed by atoms with Gasteiger partial charge in [0.2, 0.25) is 5.95 Å². The van der Waals surface area contributed by atoms with Gasteiger partial charge in [0.25, 0.3) is 0 Å². The van der Waals surface area contributed by atoms with Gasteiger partial charge in [-0.25, -0.2) is 10.4 Å². The molecule has 1 aromatic heterocycles. The summed E-state index contributed by atoms with van der Waals surface area (Å²) in [6, 6.07) is 21.5. The molecule has 2 aromatic carbocycles. The molecule has 0 bridgehead atoms. The van der Waals surface area contributed by atoms with Crippen molar-refractivity contribution >= 4 is 23.7 Å². The summed E-state index contributed by atoms with van der Waals surface area (Å²) < 4.78 is 0. The lowest BCUT2D eigenvalue weighted by Crippen LogP contribution is -2.00. The Kier molecular flexibility index (Phi) is 4.37. The summed E-state index contributed by atoms with van der Waals surface area (Å²) in [7, 11) is 0. The topological polar surface area (TPSA) is 62.2 Å².